The van der Waals surface area contributed by atoms with Crippen LogP contribution in [0.25, 0.3) is 0 Å². The Bertz CT molecular complexity index is 358. The molecule has 0 saturated heterocycles. The van der Waals surface area contributed by atoms with Crippen molar-refractivity contribution in [3.8, 4) is 0 Å². The fraction of sp³-hybridized carbons (Fsp3) is 0.364. The van der Waals surface area contributed by atoms with Crippen LogP contribution in [0.15, 0.2) is 24.3 Å². The number of carbonyl (C=O) groups is 1. The van der Waals surface area contributed by atoms with Crippen LogP contribution >= 0.6 is 0 Å². The summed E-state index contributed by atoms with van der Waals surface area (Å²) in [7, 11) is 0. The molecule has 1 unspecified atom stereocenters. The molecule has 4 N–H and O–H groups in total. The van der Waals surface area contributed by atoms with Crippen molar-refractivity contribution in [2.24, 2.45) is 5.73 Å². The number of carbonyl (C=O) groups excluding carboxylic acids is 1. The first-order chi connectivity index (χ1) is 7.63. The second-order valence-corrected chi connectivity index (χ2v) is 3.46. The Balaban J connectivity index is 2.33. The number of nitrogens with two attached hydrogens (primary N) is 1. The highest BCUT2D eigenvalue weighted by atomic mass is 19.1. The summed E-state index contributed by atoms with van der Waals surface area (Å²) in [4.78, 5) is 11.2. The predicted molar refractivity (Wildman–Crippen MR) is 58.2 cm³/mol. The predicted octanol–water partition coefficient (Wildman–Crippen LogP) is -0.196. The van der Waals surface area contributed by atoms with Crippen LogP contribution in [0.1, 0.15) is 5.56 Å². The van der Waals surface area contributed by atoms with Crippen LogP contribution in [0.4, 0.5) is 4.39 Å². The van der Waals surface area contributed by atoms with E-state index in [9.17, 15) is 9.18 Å². The van der Waals surface area contributed by atoms with E-state index < -0.39 is 11.9 Å². The summed E-state index contributed by atoms with van der Waals surface area (Å²) < 4.78 is 12.8. The Morgan fingerprint density at radius 1 is 1.56 bits per heavy atom. The van der Waals surface area contributed by atoms with Crippen molar-refractivity contribution in [1.82, 2.24) is 5.32 Å². The number of rotatable bonds is 5. The molecule has 5 heteroatoms. The van der Waals surface area contributed by atoms with Gasteiger partial charge in [0.2, 0.25) is 5.91 Å². The van der Waals surface area contributed by atoms with Gasteiger partial charge in [0.1, 0.15) is 11.9 Å². The average molecular weight is 226 g/mol. The van der Waals surface area contributed by atoms with Crippen molar-refractivity contribution >= 4 is 5.91 Å². The van der Waals surface area contributed by atoms with Gasteiger partial charge in [-0.15, -0.1) is 0 Å². The Morgan fingerprint density at radius 3 is 2.94 bits per heavy atom. The van der Waals surface area contributed by atoms with E-state index in [0.29, 0.717) is 13.0 Å². The standard InChI is InChI=1S/C11H15FN2O2/c12-9-3-1-2-8(6-9)4-5-14-11(16)10(13)7-15/h1-3,6,10,15H,4-5,7,13H2,(H,14,16). The molecule has 4 nitrogen and oxygen atoms in total. The van der Waals surface area contributed by atoms with Gasteiger partial charge in [0.25, 0.3) is 0 Å². The van der Waals surface area contributed by atoms with Gasteiger partial charge in [-0.05, 0) is 24.1 Å². The molecular weight excluding hydrogens is 211 g/mol. The van der Waals surface area contributed by atoms with Crippen molar-refractivity contribution in [3.63, 3.8) is 0 Å². The number of hydrogen-bond donors (Lipinski definition) is 3. The molecule has 0 aliphatic heterocycles. The monoisotopic (exact) mass is 226 g/mol. The van der Waals surface area contributed by atoms with Gasteiger partial charge in [0.15, 0.2) is 0 Å². The van der Waals surface area contributed by atoms with Gasteiger partial charge in [-0.25, -0.2) is 4.39 Å². The van der Waals surface area contributed by atoms with Crippen LogP contribution in [0.3, 0.4) is 0 Å². The average Bonchev–Trinajstić information content (AvgIpc) is 2.28. The van der Waals surface area contributed by atoms with Gasteiger partial charge in [0, 0.05) is 6.54 Å². The van der Waals surface area contributed by atoms with Crippen LogP contribution in [0.5, 0.6) is 0 Å². The number of halogens is 1. The number of nitrogens with one attached hydrogen (secondary N) is 1. The minimum Gasteiger partial charge on any atom is -0.394 e. The van der Waals surface area contributed by atoms with Gasteiger partial charge in [0.05, 0.1) is 6.61 Å². The van der Waals surface area contributed by atoms with E-state index in [1.165, 1.54) is 12.1 Å². The first-order valence-corrected chi connectivity index (χ1v) is 5.02. The van der Waals surface area contributed by atoms with Gasteiger partial charge in [-0.1, -0.05) is 12.1 Å². The number of aliphatic hydroxyl groups excluding tert-OH is 1. The topological polar surface area (TPSA) is 75.3 Å². The third-order valence-electron chi connectivity index (χ3n) is 2.14. The van der Waals surface area contributed by atoms with Crippen LogP contribution < -0.4 is 11.1 Å². The number of hydrogen-bond acceptors (Lipinski definition) is 3. The van der Waals surface area contributed by atoms with E-state index in [2.05, 4.69) is 5.32 Å². The lowest BCUT2D eigenvalue weighted by atomic mass is 10.1. The zero-order valence-corrected chi connectivity index (χ0v) is 8.82. The summed E-state index contributed by atoms with van der Waals surface area (Å²) in [6.07, 6.45) is 0.529. The molecule has 0 bridgehead atoms. The van der Waals surface area contributed by atoms with Gasteiger partial charge >= 0.3 is 0 Å². The smallest absolute Gasteiger partial charge is 0.239 e. The second-order valence-electron chi connectivity index (χ2n) is 3.46. The Labute approximate surface area is 93.3 Å². The van der Waals surface area contributed by atoms with E-state index >= 15 is 0 Å². The molecule has 0 saturated carbocycles. The molecule has 88 valence electrons. The van der Waals surface area contributed by atoms with Crippen molar-refractivity contribution in [3.05, 3.63) is 35.6 Å². The van der Waals surface area contributed by atoms with E-state index in [1.54, 1.807) is 12.1 Å². The van der Waals surface area contributed by atoms with E-state index in [1.807, 2.05) is 0 Å². The van der Waals surface area contributed by atoms with Crippen LogP contribution in [-0.2, 0) is 11.2 Å². The van der Waals surface area contributed by atoms with Gasteiger partial charge in [-0.3, -0.25) is 4.79 Å². The third kappa shape index (κ3) is 3.96. The number of benzene rings is 1. The molecule has 0 aliphatic carbocycles. The largest absolute Gasteiger partial charge is 0.394 e. The summed E-state index contributed by atoms with van der Waals surface area (Å²) in [5, 5.41) is 11.2. The van der Waals surface area contributed by atoms with Crippen molar-refractivity contribution in [1.29, 1.82) is 0 Å². The van der Waals surface area contributed by atoms with Crippen molar-refractivity contribution in [2.75, 3.05) is 13.2 Å². The minimum absolute atomic E-state index is 0.295. The lowest BCUT2D eigenvalue weighted by molar-refractivity contribution is -0.123. The minimum atomic E-state index is -0.896. The fourth-order valence-corrected chi connectivity index (χ4v) is 1.24. The summed E-state index contributed by atoms with van der Waals surface area (Å²) in [6, 6.07) is 5.28. The lowest BCUT2D eigenvalue weighted by Crippen LogP contribution is -2.43. The molecule has 1 amide bonds. The molecule has 0 radical (unpaired) electrons. The molecule has 0 aliphatic rings. The molecule has 16 heavy (non-hydrogen) atoms. The van der Waals surface area contributed by atoms with E-state index in [-0.39, 0.29) is 12.4 Å². The zero-order chi connectivity index (χ0) is 12.0. The maximum Gasteiger partial charge on any atom is 0.239 e. The summed E-state index contributed by atoms with van der Waals surface area (Å²) in [6.45, 7) is -0.0121. The fourth-order valence-electron chi connectivity index (χ4n) is 1.24. The molecule has 0 aromatic heterocycles. The summed E-state index contributed by atoms with van der Waals surface area (Å²) >= 11 is 0. The van der Waals surface area contributed by atoms with Gasteiger partial charge in [-0.2, -0.15) is 0 Å². The van der Waals surface area contributed by atoms with E-state index in [0.717, 1.165) is 5.56 Å². The number of aliphatic hydroxyl groups is 1. The quantitative estimate of drug-likeness (QED) is 0.651. The zero-order valence-electron chi connectivity index (χ0n) is 8.82. The second kappa shape index (κ2) is 6.19. The molecule has 1 rings (SSSR count). The SMILES string of the molecule is NC(CO)C(=O)NCCc1cccc(F)c1. The normalized spacial score (nSPS) is 12.2. The Hall–Kier alpha value is -1.46. The van der Waals surface area contributed by atoms with Crippen LogP contribution in [0, 0.1) is 5.82 Å². The van der Waals surface area contributed by atoms with E-state index in [4.69, 9.17) is 10.8 Å². The summed E-state index contributed by atoms with van der Waals surface area (Å²) in [5.41, 5.74) is 6.10. The maximum absolute atomic E-state index is 12.8. The summed E-state index contributed by atoms with van der Waals surface area (Å²) in [5.74, 6) is -0.699. The highest BCUT2D eigenvalue weighted by molar-refractivity contribution is 5.81. The third-order valence-corrected chi connectivity index (χ3v) is 2.14. The van der Waals surface area contributed by atoms with Crippen molar-refractivity contribution < 1.29 is 14.3 Å². The Kier molecular flexibility index (Phi) is 4.88. The van der Waals surface area contributed by atoms with Crippen LogP contribution in [0.2, 0.25) is 0 Å². The highest BCUT2D eigenvalue weighted by Crippen LogP contribution is 2.03. The molecule has 0 fully saturated rings. The van der Waals surface area contributed by atoms with Crippen molar-refractivity contribution in [2.45, 2.75) is 12.5 Å². The van der Waals surface area contributed by atoms with Gasteiger partial charge < -0.3 is 16.2 Å². The first kappa shape index (κ1) is 12.6. The molecule has 1 aromatic carbocycles. The lowest BCUT2D eigenvalue weighted by Gasteiger charge is -2.09. The Morgan fingerprint density at radius 2 is 2.31 bits per heavy atom. The highest BCUT2D eigenvalue weighted by Gasteiger charge is 2.10. The number of amides is 1. The molecule has 0 heterocycles. The molecule has 1 atom stereocenters. The molecular formula is C11H15FN2O2. The molecule has 1 aromatic rings. The first-order valence-electron chi connectivity index (χ1n) is 5.02. The molecule has 0 spiro atoms. The maximum atomic E-state index is 12.8. The van der Waals surface area contributed by atoms with Crippen LogP contribution in [-0.4, -0.2) is 30.2 Å².